The number of amides is 2. The Hall–Kier alpha value is -2.18. The van der Waals surface area contributed by atoms with Gasteiger partial charge in [0.2, 0.25) is 0 Å². The Kier molecular flexibility index (Phi) is 4.86. The number of carbonyl (C=O) groups excluding carboxylic acids is 1. The summed E-state index contributed by atoms with van der Waals surface area (Å²) in [6, 6.07) is -0.358. The van der Waals surface area contributed by atoms with Crippen LogP contribution < -0.4 is 5.32 Å². The Morgan fingerprint density at radius 2 is 2.06 bits per heavy atom. The van der Waals surface area contributed by atoms with Crippen molar-refractivity contribution in [2.24, 2.45) is 0 Å². The first-order chi connectivity index (χ1) is 8.13. The third kappa shape index (κ3) is 4.45. The fourth-order valence-corrected chi connectivity index (χ4v) is 1.20. The number of carboxylic acid groups (broad SMARTS) is 1. The van der Waals surface area contributed by atoms with E-state index < -0.39 is 5.97 Å². The third-order valence-electron chi connectivity index (χ3n) is 2.08. The van der Waals surface area contributed by atoms with Gasteiger partial charge in [-0.05, 0) is 6.92 Å². The summed E-state index contributed by atoms with van der Waals surface area (Å²) >= 11 is 0. The molecule has 17 heavy (non-hydrogen) atoms. The van der Waals surface area contributed by atoms with Crippen LogP contribution in [0.3, 0.4) is 0 Å². The minimum absolute atomic E-state index is 0.0768. The smallest absolute Gasteiger partial charge is 0.321 e. The molecule has 0 aliphatic carbocycles. The number of rotatable bonds is 5. The molecule has 1 aromatic rings. The predicted molar refractivity (Wildman–Crippen MR) is 60.6 cm³/mol. The van der Waals surface area contributed by atoms with Crippen molar-refractivity contribution in [2.75, 3.05) is 18.4 Å². The lowest BCUT2D eigenvalue weighted by Crippen LogP contribution is -2.36. The van der Waals surface area contributed by atoms with Gasteiger partial charge < -0.3 is 15.3 Å². The molecule has 2 amide bonds. The van der Waals surface area contributed by atoms with Crippen molar-refractivity contribution >= 4 is 17.7 Å². The van der Waals surface area contributed by atoms with Crippen molar-refractivity contribution in [3.8, 4) is 0 Å². The van der Waals surface area contributed by atoms with Gasteiger partial charge in [-0.15, -0.1) is 0 Å². The van der Waals surface area contributed by atoms with Crippen LogP contribution in [0, 0.1) is 0 Å². The van der Waals surface area contributed by atoms with E-state index in [9.17, 15) is 9.59 Å². The Morgan fingerprint density at radius 1 is 1.41 bits per heavy atom. The molecule has 1 rings (SSSR count). The summed E-state index contributed by atoms with van der Waals surface area (Å²) in [5.74, 6) is -0.931. The maximum atomic E-state index is 11.7. The predicted octanol–water partition coefficient (Wildman–Crippen LogP) is 0.805. The van der Waals surface area contributed by atoms with Gasteiger partial charge >= 0.3 is 12.0 Å². The Bertz CT molecular complexity index is 382. The number of carboxylic acids is 1. The summed E-state index contributed by atoms with van der Waals surface area (Å²) in [5, 5.41) is 11.1. The first-order valence-corrected chi connectivity index (χ1v) is 5.16. The third-order valence-corrected chi connectivity index (χ3v) is 2.08. The average molecular weight is 238 g/mol. The number of aromatic nitrogens is 2. The van der Waals surface area contributed by atoms with Gasteiger partial charge in [-0.25, -0.2) is 14.8 Å². The molecule has 92 valence electrons. The molecule has 7 nitrogen and oxygen atoms in total. The molecule has 0 bridgehead atoms. The van der Waals surface area contributed by atoms with Crippen LogP contribution in [0.4, 0.5) is 10.5 Å². The standard InChI is InChI=1S/C10H14N4O3/c1-2-14(4-3-9(15)16)10(17)13-8-5-11-7-12-6-8/h5-7H,2-4H2,1H3,(H,13,17)(H,15,16). The van der Waals surface area contributed by atoms with E-state index in [0.29, 0.717) is 12.2 Å². The SMILES string of the molecule is CCN(CCC(=O)O)C(=O)Nc1cncnc1. The summed E-state index contributed by atoms with van der Waals surface area (Å²) in [6.45, 7) is 2.39. The van der Waals surface area contributed by atoms with E-state index in [4.69, 9.17) is 5.11 Å². The summed E-state index contributed by atoms with van der Waals surface area (Å²) in [5.41, 5.74) is 0.478. The number of carbonyl (C=O) groups is 2. The topological polar surface area (TPSA) is 95.4 Å². The van der Waals surface area contributed by atoms with Gasteiger partial charge in [-0.1, -0.05) is 0 Å². The molecule has 0 saturated carbocycles. The van der Waals surface area contributed by atoms with Gasteiger partial charge in [0.1, 0.15) is 6.33 Å². The molecule has 0 spiro atoms. The molecule has 0 unspecified atom stereocenters. The fraction of sp³-hybridized carbons (Fsp3) is 0.400. The Balaban J connectivity index is 2.52. The highest BCUT2D eigenvalue weighted by atomic mass is 16.4. The van der Waals surface area contributed by atoms with E-state index in [2.05, 4.69) is 15.3 Å². The second-order valence-corrected chi connectivity index (χ2v) is 3.28. The quantitative estimate of drug-likeness (QED) is 0.791. The summed E-state index contributed by atoms with van der Waals surface area (Å²) < 4.78 is 0. The van der Waals surface area contributed by atoms with Crippen molar-refractivity contribution in [3.63, 3.8) is 0 Å². The zero-order chi connectivity index (χ0) is 12.7. The van der Waals surface area contributed by atoms with Crippen LogP contribution in [0.25, 0.3) is 0 Å². The minimum Gasteiger partial charge on any atom is -0.481 e. The van der Waals surface area contributed by atoms with E-state index in [0.717, 1.165) is 0 Å². The van der Waals surface area contributed by atoms with Crippen molar-refractivity contribution < 1.29 is 14.7 Å². The zero-order valence-corrected chi connectivity index (χ0v) is 9.46. The van der Waals surface area contributed by atoms with Crippen molar-refractivity contribution in [1.29, 1.82) is 0 Å². The monoisotopic (exact) mass is 238 g/mol. The maximum absolute atomic E-state index is 11.7. The molecule has 1 aromatic heterocycles. The number of hydrogen-bond donors (Lipinski definition) is 2. The number of hydrogen-bond acceptors (Lipinski definition) is 4. The van der Waals surface area contributed by atoms with E-state index in [1.807, 2.05) is 0 Å². The molecule has 1 heterocycles. The second-order valence-electron chi connectivity index (χ2n) is 3.28. The highest BCUT2D eigenvalue weighted by Crippen LogP contribution is 2.03. The van der Waals surface area contributed by atoms with E-state index in [-0.39, 0.29) is 19.0 Å². The van der Waals surface area contributed by atoms with Gasteiger partial charge in [0.25, 0.3) is 0 Å². The first kappa shape index (κ1) is 12.9. The summed E-state index contributed by atoms with van der Waals surface area (Å²) in [6.07, 6.45) is 4.22. The lowest BCUT2D eigenvalue weighted by atomic mass is 10.4. The van der Waals surface area contributed by atoms with Gasteiger partial charge in [0.15, 0.2) is 0 Å². The number of urea groups is 1. The first-order valence-electron chi connectivity index (χ1n) is 5.16. The molecule has 7 heteroatoms. The Labute approximate surface area is 98.5 Å². The van der Waals surface area contributed by atoms with Gasteiger partial charge in [-0.3, -0.25) is 4.79 Å². The van der Waals surface area contributed by atoms with E-state index >= 15 is 0 Å². The van der Waals surface area contributed by atoms with Crippen LogP contribution in [-0.2, 0) is 4.79 Å². The lowest BCUT2D eigenvalue weighted by molar-refractivity contribution is -0.137. The molecular weight excluding hydrogens is 224 g/mol. The van der Waals surface area contributed by atoms with E-state index in [1.165, 1.54) is 23.6 Å². The molecule has 0 atom stereocenters. The molecule has 0 fully saturated rings. The van der Waals surface area contributed by atoms with Crippen LogP contribution in [0.5, 0.6) is 0 Å². The summed E-state index contributed by atoms with van der Waals surface area (Å²) in [4.78, 5) is 31.1. The minimum atomic E-state index is -0.931. The lowest BCUT2D eigenvalue weighted by Gasteiger charge is -2.20. The van der Waals surface area contributed by atoms with Gasteiger partial charge in [-0.2, -0.15) is 0 Å². The molecule has 0 aliphatic rings. The van der Waals surface area contributed by atoms with Crippen molar-refractivity contribution in [3.05, 3.63) is 18.7 Å². The normalized spacial score (nSPS) is 9.71. The Morgan fingerprint density at radius 3 is 2.59 bits per heavy atom. The van der Waals surface area contributed by atoms with Crippen LogP contribution in [0.15, 0.2) is 18.7 Å². The van der Waals surface area contributed by atoms with Crippen molar-refractivity contribution in [1.82, 2.24) is 14.9 Å². The second kappa shape index (κ2) is 6.41. The molecular formula is C10H14N4O3. The van der Waals surface area contributed by atoms with Crippen LogP contribution in [0.1, 0.15) is 13.3 Å². The van der Waals surface area contributed by atoms with Crippen molar-refractivity contribution in [2.45, 2.75) is 13.3 Å². The largest absolute Gasteiger partial charge is 0.481 e. The summed E-state index contributed by atoms with van der Waals surface area (Å²) in [7, 11) is 0. The van der Waals surface area contributed by atoms with Gasteiger partial charge in [0.05, 0.1) is 24.5 Å². The van der Waals surface area contributed by atoms with Crippen LogP contribution in [-0.4, -0.2) is 45.1 Å². The average Bonchev–Trinajstić information content (AvgIpc) is 2.30. The maximum Gasteiger partial charge on any atom is 0.321 e. The number of nitrogens with one attached hydrogen (secondary N) is 1. The van der Waals surface area contributed by atoms with E-state index in [1.54, 1.807) is 6.92 Å². The van der Waals surface area contributed by atoms with Crippen LogP contribution in [0.2, 0.25) is 0 Å². The highest BCUT2D eigenvalue weighted by molar-refractivity contribution is 5.89. The molecule has 0 aromatic carbocycles. The van der Waals surface area contributed by atoms with Gasteiger partial charge in [0, 0.05) is 13.1 Å². The number of aliphatic carboxylic acids is 1. The molecule has 0 radical (unpaired) electrons. The zero-order valence-electron chi connectivity index (χ0n) is 9.46. The number of nitrogens with zero attached hydrogens (tertiary/aromatic N) is 3. The van der Waals surface area contributed by atoms with Crippen LogP contribution >= 0.6 is 0 Å². The highest BCUT2D eigenvalue weighted by Gasteiger charge is 2.12. The fourth-order valence-electron chi connectivity index (χ4n) is 1.20. The number of anilines is 1. The molecule has 2 N–H and O–H groups in total. The molecule has 0 aliphatic heterocycles. The molecule has 0 saturated heterocycles.